The van der Waals surface area contributed by atoms with E-state index in [2.05, 4.69) is 5.32 Å². The lowest BCUT2D eigenvalue weighted by Gasteiger charge is -2.11. The third-order valence-electron chi connectivity index (χ3n) is 2.14. The van der Waals surface area contributed by atoms with E-state index in [1.165, 1.54) is 0 Å². The van der Waals surface area contributed by atoms with Crippen molar-refractivity contribution in [2.24, 2.45) is 5.92 Å². The van der Waals surface area contributed by atoms with Crippen molar-refractivity contribution in [3.63, 3.8) is 0 Å². The molecule has 0 spiro atoms. The van der Waals surface area contributed by atoms with Crippen LogP contribution in [-0.4, -0.2) is 17.0 Å². The summed E-state index contributed by atoms with van der Waals surface area (Å²) in [4.78, 5) is 22.1. The maximum absolute atomic E-state index is 11.5. The highest BCUT2D eigenvalue weighted by atomic mass is 16.4. The predicted octanol–water partition coefficient (Wildman–Crippen LogP) is 1.91. The molecule has 0 saturated carbocycles. The Morgan fingerprint density at radius 1 is 1.31 bits per heavy atom. The van der Waals surface area contributed by atoms with Crippen LogP contribution in [0.25, 0.3) is 0 Å². The van der Waals surface area contributed by atoms with E-state index in [0.29, 0.717) is 11.3 Å². The van der Waals surface area contributed by atoms with Crippen molar-refractivity contribution in [1.82, 2.24) is 0 Å². The summed E-state index contributed by atoms with van der Waals surface area (Å²) in [5, 5.41) is 11.4. The van der Waals surface area contributed by atoms with Gasteiger partial charge in [0.1, 0.15) is 0 Å². The third kappa shape index (κ3) is 3.38. The first-order chi connectivity index (χ1) is 7.50. The lowest BCUT2D eigenvalue weighted by Crippen LogP contribution is -2.19. The highest BCUT2D eigenvalue weighted by Crippen LogP contribution is 2.16. The second-order valence-corrected chi connectivity index (χ2v) is 3.87. The minimum Gasteiger partial charge on any atom is -0.481 e. The standard InChI is InChI=1S/C12H15NO3/c1-8(2)12(16)13-10-6-4-3-5-9(10)7-11(14)15/h3-6,8H,7H2,1-2H3,(H,13,16)(H,14,15). The Morgan fingerprint density at radius 3 is 2.50 bits per heavy atom. The maximum atomic E-state index is 11.5. The highest BCUT2D eigenvalue weighted by molar-refractivity contribution is 5.93. The Hall–Kier alpha value is -1.84. The molecule has 4 nitrogen and oxygen atoms in total. The molecule has 1 aromatic rings. The molecule has 0 aliphatic rings. The normalized spacial score (nSPS) is 10.2. The monoisotopic (exact) mass is 221 g/mol. The summed E-state index contributed by atoms with van der Waals surface area (Å²) in [5.41, 5.74) is 1.19. The number of hydrogen-bond donors (Lipinski definition) is 2. The first-order valence-corrected chi connectivity index (χ1v) is 5.11. The fraction of sp³-hybridized carbons (Fsp3) is 0.333. The quantitative estimate of drug-likeness (QED) is 0.816. The Labute approximate surface area is 94.3 Å². The molecule has 1 rings (SSSR count). The van der Waals surface area contributed by atoms with Gasteiger partial charge in [0.25, 0.3) is 0 Å². The van der Waals surface area contributed by atoms with E-state index >= 15 is 0 Å². The summed E-state index contributed by atoms with van der Waals surface area (Å²) in [6.07, 6.45) is -0.0887. The van der Waals surface area contributed by atoms with Crippen LogP contribution in [0.4, 0.5) is 5.69 Å². The molecule has 86 valence electrons. The molecule has 0 saturated heterocycles. The number of hydrogen-bond acceptors (Lipinski definition) is 2. The van der Waals surface area contributed by atoms with Gasteiger partial charge in [-0.1, -0.05) is 32.0 Å². The van der Waals surface area contributed by atoms with E-state index in [4.69, 9.17) is 5.11 Å². The number of anilines is 1. The minimum absolute atomic E-state index is 0.0887. The van der Waals surface area contributed by atoms with Gasteiger partial charge in [-0.3, -0.25) is 9.59 Å². The molecule has 16 heavy (non-hydrogen) atoms. The van der Waals surface area contributed by atoms with Gasteiger partial charge in [-0.2, -0.15) is 0 Å². The number of carbonyl (C=O) groups is 2. The van der Waals surface area contributed by atoms with Gasteiger partial charge in [0.05, 0.1) is 6.42 Å². The molecule has 4 heteroatoms. The Kier molecular flexibility index (Phi) is 4.05. The van der Waals surface area contributed by atoms with Gasteiger partial charge in [0.15, 0.2) is 0 Å². The number of nitrogens with one attached hydrogen (secondary N) is 1. The molecule has 1 amide bonds. The Morgan fingerprint density at radius 2 is 1.94 bits per heavy atom. The van der Waals surface area contributed by atoms with Gasteiger partial charge in [0.2, 0.25) is 5.91 Å². The minimum atomic E-state index is -0.911. The predicted molar refractivity (Wildman–Crippen MR) is 61.2 cm³/mol. The largest absolute Gasteiger partial charge is 0.481 e. The smallest absolute Gasteiger partial charge is 0.307 e. The van der Waals surface area contributed by atoms with Crippen molar-refractivity contribution < 1.29 is 14.7 Å². The average Bonchev–Trinajstić information content (AvgIpc) is 2.20. The summed E-state index contributed by atoms with van der Waals surface area (Å²) in [6, 6.07) is 6.92. The van der Waals surface area contributed by atoms with Gasteiger partial charge in [-0.15, -0.1) is 0 Å². The SMILES string of the molecule is CC(C)C(=O)Nc1ccccc1CC(=O)O. The zero-order valence-corrected chi connectivity index (χ0v) is 9.36. The van der Waals surface area contributed by atoms with E-state index in [-0.39, 0.29) is 18.2 Å². The molecule has 0 aromatic heterocycles. The number of carboxylic acids is 1. The van der Waals surface area contributed by atoms with Crippen LogP contribution in [-0.2, 0) is 16.0 Å². The first-order valence-electron chi connectivity index (χ1n) is 5.11. The molecular weight excluding hydrogens is 206 g/mol. The van der Waals surface area contributed by atoms with Crippen molar-refractivity contribution in [3.8, 4) is 0 Å². The third-order valence-corrected chi connectivity index (χ3v) is 2.14. The summed E-state index contributed by atoms with van der Waals surface area (Å²) < 4.78 is 0. The molecule has 0 radical (unpaired) electrons. The highest BCUT2D eigenvalue weighted by Gasteiger charge is 2.11. The number of benzene rings is 1. The van der Waals surface area contributed by atoms with Crippen molar-refractivity contribution in [2.45, 2.75) is 20.3 Å². The Balaban J connectivity index is 2.86. The van der Waals surface area contributed by atoms with E-state index in [1.54, 1.807) is 38.1 Å². The van der Waals surface area contributed by atoms with Crippen molar-refractivity contribution in [3.05, 3.63) is 29.8 Å². The second kappa shape index (κ2) is 5.30. The van der Waals surface area contributed by atoms with Crippen molar-refractivity contribution in [1.29, 1.82) is 0 Å². The van der Waals surface area contributed by atoms with Gasteiger partial charge in [-0.25, -0.2) is 0 Å². The van der Waals surface area contributed by atoms with Crippen LogP contribution in [0.2, 0.25) is 0 Å². The van der Waals surface area contributed by atoms with Gasteiger partial charge in [0, 0.05) is 11.6 Å². The van der Waals surface area contributed by atoms with Gasteiger partial charge in [-0.05, 0) is 11.6 Å². The lowest BCUT2D eigenvalue weighted by atomic mass is 10.1. The number of aliphatic carboxylic acids is 1. The molecule has 0 aliphatic heterocycles. The molecule has 0 atom stereocenters. The van der Waals surface area contributed by atoms with Crippen LogP contribution >= 0.6 is 0 Å². The van der Waals surface area contributed by atoms with Gasteiger partial charge >= 0.3 is 5.97 Å². The molecule has 2 N–H and O–H groups in total. The maximum Gasteiger partial charge on any atom is 0.307 e. The fourth-order valence-corrected chi connectivity index (χ4v) is 1.24. The van der Waals surface area contributed by atoms with Crippen LogP contribution in [0.1, 0.15) is 19.4 Å². The molecule has 1 aromatic carbocycles. The zero-order chi connectivity index (χ0) is 12.1. The van der Waals surface area contributed by atoms with Crippen LogP contribution in [0, 0.1) is 5.92 Å². The summed E-state index contributed by atoms with van der Waals surface area (Å²) in [7, 11) is 0. The second-order valence-electron chi connectivity index (χ2n) is 3.87. The summed E-state index contributed by atoms with van der Waals surface area (Å²) in [6.45, 7) is 3.57. The zero-order valence-electron chi connectivity index (χ0n) is 9.36. The topological polar surface area (TPSA) is 66.4 Å². The molecule has 0 bridgehead atoms. The van der Waals surface area contributed by atoms with E-state index in [9.17, 15) is 9.59 Å². The van der Waals surface area contributed by atoms with Crippen LogP contribution in [0.5, 0.6) is 0 Å². The summed E-state index contributed by atoms with van der Waals surface area (Å²) in [5.74, 6) is -1.15. The lowest BCUT2D eigenvalue weighted by molar-refractivity contribution is -0.136. The Bertz CT molecular complexity index is 399. The number of carbonyl (C=O) groups excluding carboxylic acids is 1. The number of carboxylic acid groups (broad SMARTS) is 1. The van der Waals surface area contributed by atoms with Crippen LogP contribution in [0.15, 0.2) is 24.3 Å². The summed E-state index contributed by atoms with van der Waals surface area (Å²) >= 11 is 0. The van der Waals surface area contributed by atoms with E-state index < -0.39 is 5.97 Å². The molecule has 0 aliphatic carbocycles. The molecule has 0 unspecified atom stereocenters. The fourth-order valence-electron chi connectivity index (χ4n) is 1.24. The van der Waals surface area contributed by atoms with Crippen molar-refractivity contribution >= 4 is 17.6 Å². The number of para-hydroxylation sites is 1. The molecule has 0 fully saturated rings. The van der Waals surface area contributed by atoms with Gasteiger partial charge < -0.3 is 10.4 Å². The number of rotatable bonds is 4. The number of amides is 1. The first kappa shape index (κ1) is 12.2. The van der Waals surface area contributed by atoms with Crippen molar-refractivity contribution in [2.75, 3.05) is 5.32 Å². The van der Waals surface area contributed by atoms with E-state index in [0.717, 1.165) is 0 Å². The molecular formula is C12H15NO3. The molecule has 0 heterocycles. The average molecular weight is 221 g/mol. The van der Waals surface area contributed by atoms with Crippen LogP contribution < -0.4 is 5.32 Å². The van der Waals surface area contributed by atoms with Crippen LogP contribution in [0.3, 0.4) is 0 Å². The van der Waals surface area contributed by atoms with E-state index in [1.807, 2.05) is 0 Å².